The number of hydrogen-bond acceptors (Lipinski definition) is 3. The molecule has 12 rings (SSSR count). The summed E-state index contributed by atoms with van der Waals surface area (Å²) in [6.45, 7) is 9.35. The maximum atomic E-state index is 2.60. The zero-order valence-corrected chi connectivity index (χ0v) is 30.3. The highest BCUT2D eigenvalue weighted by Gasteiger charge is 2.46. The Morgan fingerprint density at radius 1 is 0.538 bits per heavy atom. The third-order valence-corrected chi connectivity index (χ3v) is 13.1. The molecule has 0 bridgehead atoms. The Hall–Kier alpha value is -5.78. The van der Waals surface area contributed by atoms with Gasteiger partial charge in [0.15, 0.2) is 0 Å². The van der Waals surface area contributed by atoms with E-state index in [1.165, 1.54) is 109 Å². The van der Waals surface area contributed by atoms with Crippen molar-refractivity contribution in [2.45, 2.75) is 33.1 Å². The van der Waals surface area contributed by atoms with Gasteiger partial charge < -0.3 is 14.4 Å². The number of benzene rings is 7. The SMILES string of the molecule is Cc1cc2c3c(c1)N1c4c(cccc4-n4c5ccccc5c5cccc1c54)B3c1cc(C(C)(C)C)ccc1N2c1cccc2c1sc1ccccc12. The average molecular weight is 684 g/mol. The van der Waals surface area contributed by atoms with Crippen molar-refractivity contribution >= 4 is 111 Å². The second kappa shape index (κ2) is 9.75. The van der Waals surface area contributed by atoms with Gasteiger partial charge in [0.1, 0.15) is 0 Å². The minimum atomic E-state index is 0.00710. The van der Waals surface area contributed by atoms with Crippen LogP contribution in [0.2, 0.25) is 0 Å². The van der Waals surface area contributed by atoms with E-state index in [0.29, 0.717) is 0 Å². The van der Waals surface area contributed by atoms with E-state index in [1.807, 2.05) is 11.3 Å². The zero-order valence-electron chi connectivity index (χ0n) is 29.5. The van der Waals surface area contributed by atoms with E-state index in [1.54, 1.807) is 0 Å². The third kappa shape index (κ3) is 3.52. The highest BCUT2D eigenvalue weighted by molar-refractivity contribution is 7.26. The van der Waals surface area contributed by atoms with Crippen molar-refractivity contribution < 1.29 is 0 Å². The Labute approximate surface area is 307 Å². The van der Waals surface area contributed by atoms with Crippen LogP contribution in [0.1, 0.15) is 31.9 Å². The summed E-state index contributed by atoms with van der Waals surface area (Å²) < 4.78 is 5.18. The lowest BCUT2D eigenvalue weighted by molar-refractivity contribution is 0.591. The molecule has 0 N–H and O–H groups in total. The summed E-state index contributed by atoms with van der Waals surface area (Å²) >= 11 is 1.91. The molecule has 0 saturated carbocycles. The zero-order chi connectivity index (χ0) is 34.6. The van der Waals surface area contributed by atoms with Crippen molar-refractivity contribution in [3.8, 4) is 5.69 Å². The lowest BCUT2D eigenvalue weighted by Gasteiger charge is -2.46. The van der Waals surface area contributed by atoms with Crippen molar-refractivity contribution in [2.24, 2.45) is 0 Å². The molecule has 3 aliphatic rings. The van der Waals surface area contributed by atoms with E-state index < -0.39 is 0 Å². The van der Waals surface area contributed by atoms with E-state index in [-0.39, 0.29) is 12.1 Å². The maximum absolute atomic E-state index is 2.60. The number of aromatic nitrogens is 1. The number of fused-ring (bicyclic) bond motifs is 12. The molecule has 0 radical (unpaired) electrons. The van der Waals surface area contributed by atoms with Gasteiger partial charge in [0, 0.05) is 43.3 Å². The molecule has 0 unspecified atom stereocenters. The molecule has 0 spiro atoms. The van der Waals surface area contributed by atoms with Crippen molar-refractivity contribution in [1.82, 2.24) is 4.57 Å². The van der Waals surface area contributed by atoms with Crippen molar-refractivity contribution in [2.75, 3.05) is 9.80 Å². The van der Waals surface area contributed by atoms with Gasteiger partial charge in [0.05, 0.1) is 38.5 Å². The first kappa shape index (κ1) is 28.9. The standard InChI is InChI=1S/C47H34BN3S/c1-27-24-40-43-41(25-27)51-37-18-9-14-31-29-12-5-7-17-35(29)50(44(31)37)38-19-11-16-33(45(38)51)48(43)34-26-28(47(2,3)4)22-23-36(34)49(40)39-20-10-15-32-30-13-6-8-21-42(30)52-46(32)39/h5-26H,1-4H3. The Morgan fingerprint density at radius 3 is 2.08 bits per heavy atom. The van der Waals surface area contributed by atoms with E-state index in [9.17, 15) is 0 Å². The number of anilines is 6. The molecule has 0 fully saturated rings. The fourth-order valence-electron chi connectivity index (χ4n) is 9.67. The molecule has 52 heavy (non-hydrogen) atoms. The first-order valence-corrected chi connectivity index (χ1v) is 19.1. The molecule has 2 aromatic heterocycles. The Morgan fingerprint density at radius 2 is 1.23 bits per heavy atom. The average Bonchev–Trinajstić information content (AvgIpc) is 3.70. The summed E-state index contributed by atoms with van der Waals surface area (Å²) in [5, 5.41) is 5.24. The van der Waals surface area contributed by atoms with E-state index in [2.05, 4.69) is 176 Å². The first-order chi connectivity index (χ1) is 25.4. The second-order valence-electron chi connectivity index (χ2n) is 15.8. The molecular weight excluding hydrogens is 649 g/mol. The van der Waals surface area contributed by atoms with E-state index >= 15 is 0 Å². The van der Waals surface area contributed by atoms with Gasteiger partial charge in [-0.05, 0) is 88.4 Å². The molecule has 3 aliphatic heterocycles. The summed E-state index contributed by atoms with van der Waals surface area (Å²) in [4.78, 5) is 5.20. The monoisotopic (exact) mass is 683 g/mol. The predicted octanol–water partition coefficient (Wildman–Crippen LogP) is 11.2. The van der Waals surface area contributed by atoms with E-state index in [4.69, 9.17) is 0 Å². The van der Waals surface area contributed by atoms with Crippen LogP contribution in [-0.2, 0) is 5.41 Å². The van der Waals surface area contributed by atoms with Crippen LogP contribution in [0.5, 0.6) is 0 Å². The van der Waals surface area contributed by atoms with Gasteiger partial charge in [-0.25, -0.2) is 0 Å². The number of nitrogens with zero attached hydrogens (tertiary/aromatic N) is 3. The Bertz CT molecular complexity index is 3030. The van der Waals surface area contributed by atoms with Crippen LogP contribution in [0.25, 0.3) is 47.7 Å². The van der Waals surface area contributed by atoms with Crippen molar-refractivity contribution in [3.63, 3.8) is 0 Å². The molecule has 9 aromatic rings. The number of para-hydroxylation sites is 3. The summed E-state index contributed by atoms with van der Waals surface area (Å²) in [5.74, 6) is 0. The molecule has 0 atom stereocenters. The van der Waals surface area contributed by atoms with Gasteiger partial charge in [0.25, 0.3) is 6.71 Å². The maximum Gasteiger partial charge on any atom is 0.252 e. The number of thiophene rings is 1. The summed E-state index contributed by atoms with van der Waals surface area (Å²) in [5.41, 5.74) is 18.1. The minimum absolute atomic E-state index is 0.00710. The highest BCUT2D eigenvalue weighted by atomic mass is 32.1. The predicted molar refractivity (Wildman–Crippen MR) is 225 cm³/mol. The molecule has 5 heterocycles. The van der Waals surface area contributed by atoms with Crippen LogP contribution in [0.15, 0.2) is 133 Å². The van der Waals surface area contributed by atoms with Crippen LogP contribution in [-0.4, -0.2) is 11.3 Å². The normalized spacial score (nSPS) is 14.0. The van der Waals surface area contributed by atoms with Gasteiger partial charge in [-0.15, -0.1) is 11.3 Å². The molecule has 3 nitrogen and oxygen atoms in total. The van der Waals surface area contributed by atoms with E-state index in [0.717, 1.165) is 0 Å². The quantitative estimate of drug-likeness (QED) is 0.160. The van der Waals surface area contributed by atoms with Gasteiger partial charge >= 0.3 is 0 Å². The summed E-state index contributed by atoms with van der Waals surface area (Å²) in [7, 11) is 0. The Kier molecular flexibility index (Phi) is 5.42. The van der Waals surface area contributed by atoms with Gasteiger partial charge in [0.2, 0.25) is 0 Å². The first-order valence-electron chi connectivity index (χ1n) is 18.3. The summed E-state index contributed by atoms with van der Waals surface area (Å²) in [6, 6.07) is 50.7. The smallest absolute Gasteiger partial charge is 0.252 e. The molecule has 7 aromatic carbocycles. The fraction of sp³-hybridized carbons (Fsp3) is 0.106. The summed E-state index contributed by atoms with van der Waals surface area (Å²) in [6.07, 6.45) is 0. The van der Waals surface area contributed by atoms with Crippen LogP contribution < -0.4 is 26.2 Å². The van der Waals surface area contributed by atoms with Crippen LogP contribution >= 0.6 is 11.3 Å². The molecule has 246 valence electrons. The largest absolute Gasteiger partial charge is 0.310 e. The number of hydrogen-bond donors (Lipinski definition) is 0. The third-order valence-electron chi connectivity index (χ3n) is 11.9. The van der Waals surface area contributed by atoms with Crippen LogP contribution in [0.3, 0.4) is 0 Å². The Balaban J connectivity index is 1.24. The molecular formula is C47H34BN3S. The number of aryl methyl sites for hydroxylation is 1. The fourth-order valence-corrected chi connectivity index (χ4v) is 10.9. The van der Waals surface area contributed by atoms with Gasteiger partial charge in [-0.3, -0.25) is 0 Å². The molecule has 0 aliphatic carbocycles. The molecule has 0 saturated heterocycles. The minimum Gasteiger partial charge on any atom is -0.310 e. The van der Waals surface area contributed by atoms with Crippen LogP contribution in [0, 0.1) is 6.92 Å². The highest BCUT2D eigenvalue weighted by Crippen LogP contribution is 2.53. The van der Waals surface area contributed by atoms with Crippen LogP contribution in [0.4, 0.5) is 34.1 Å². The molecule has 5 heteroatoms. The lowest BCUT2D eigenvalue weighted by Crippen LogP contribution is -2.62. The van der Waals surface area contributed by atoms with Gasteiger partial charge in [-0.1, -0.05) is 106 Å². The van der Waals surface area contributed by atoms with Crippen molar-refractivity contribution in [3.05, 3.63) is 145 Å². The second-order valence-corrected chi connectivity index (χ2v) is 16.9. The molecule has 0 amide bonds. The number of rotatable bonds is 1. The van der Waals surface area contributed by atoms with Gasteiger partial charge in [-0.2, -0.15) is 0 Å². The lowest BCUT2D eigenvalue weighted by atomic mass is 9.33. The topological polar surface area (TPSA) is 11.4 Å². The van der Waals surface area contributed by atoms with Crippen molar-refractivity contribution in [1.29, 1.82) is 0 Å².